The molecule has 2 aromatic carbocycles. The van der Waals surface area contributed by atoms with Crippen LogP contribution in [-0.4, -0.2) is 36.8 Å². The number of benzene rings is 2. The number of nitrogens with one attached hydrogen (secondary N) is 1. The Morgan fingerprint density at radius 3 is 2.60 bits per heavy atom. The van der Waals surface area contributed by atoms with Gasteiger partial charge in [0.2, 0.25) is 5.91 Å². The third-order valence-electron chi connectivity index (χ3n) is 4.80. The highest BCUT2D eigenvalue weighted by Gasteiger charge is 2.22. The molecule has 158 valence electrons. The van der Waals surface area contributed by atoms with Crippen molar-refractivity contribution in [3.63, 3.8) is 0 Å². The molecule has 0 aromatic heterocycles. The van der Waals surface area contributed by atoms with Crippen molar-refractivity contribution in [1.29, 1.82) is 0 Å². The molecule has 1 N–H and O–H groups in total. The van der Waals surface area contributed by atoms with E-state index in [4.69, 9.17) is 9.47 Å². The van der Waals surface area contributed by atoms with Crippen LogP contribution in [0.3, 0.4) is 0 Å². The molecule has 1 aliphatic rings. The predicted molar refractivity (Wildman–Crippen MR) is 116 cm³/mol. The van der Waals surface area contributed by atoms with E-state index in [1.807, 2.05) is 38.1 Å². The summed E-state index contributed by atoms with van der Waals surface area (Å²) in [5.41, 5.74) is 4.88. The Hall–Kier alpha value is -3.35. The Labute approximate surface area is 176 Å². The first-order valence-electron chi connectivity index (χ1n) is 10.1. The highest BCUT2D eigenvalue weighted by molar-refractivity contribution is 6.02. The number of anilines is 1. The van der Waals surface area contributed by atoms with Gasteiger partial charge in [-0.3, -0.25) is 9.59 Å². The van der Waals surface area contributed by atoms with Crippen molar-refractivity contribution in [2.45, 2.75) is 39.7 Å². The Morgan fingerprint density at radius 1 is 1.20 bits per heavy atom. The summed E-state index contributed by atoms with van der Waals surface area (Å²) in [6, 6.07) is 14.7. The quantitative estimate of drug-likeness (QED) is 0.534. The molecular weight excluding hydrogens is 382 g/mol. The number of carbonyl (C=O) groups excluding carboxylic acids is 2. The van der Waals surface area contributed by atoms with Crippen molar-refractivity contribution in [3.05, 3.63) is 54.1 Å². The average molecular weight is 409 g/mol. The van der Waals surface area contributed by atoms with Gasteiger partial charge in [0.05, 0.1) is 12.3 Å². The Morgan fingerprint density at radius 2 is 1.93 bits per heavy atom. The van der Waals surface area contributed by atoms with E-state index in [1.165, 1.54) is 0 Å². The number of ether oxygens (including phenoxy) is 2. The maximum atomic E-state index is 12.4. The fourth-order valence-electron chi connectivity index (χ4n) is 3.15. The minimum Gasteiger partial charge on any atom is -0.494 e. The predicted octanol–water partition coefficient (Wildman–Crippen LogP) is 3.52. The SMILES string of the molecule is CCOc1ccc(O[C@H](C)C(=O)N/N=C(/C)c2cccc(N3CCCC3=O)c2)cc1. The van der Waals surface area contributed by atoms with E-state index in [0.717, 1.165) is 30.0 Å². The summed E-state index contributed by atoms with van der Waals surface area (Å²) in [6.45, 7) is 6.71. The summed E-state index contributed by atoms with van der Waals surface area (Å²) >= 11 is 0. The van der Waals surface area contributed by atoms with Gasteiger partial charge in [0.1, 0.15) is 11.5 Å². The summed E-state index contributed by atoms with van der Waals surface area (Å²) in [4.78, 5) is 26.1. The van der Waals surface area contributed by atoms with Gasteiger partial charge in [-0.05, 0) is 69.2 Å². The molecule has 1 saturated heterocycles. The van der Waals surface area contributed by atoms with Crippen molar-refractivity contribution in [1.82, 2.24) is 5.43 Å². The lowest BCUT2D eigenvalue weighted by molar-refractivity contribution is -0.127. The number of amides is 2. The molecule has 0 spiro atoms. The largest absolute Gasteiger partial charge is 0.494 e. The van der Waals surface area contributed by atoms with Crippen molar-refractivity contribution < 1.29 is 19.1 Å². The molecule has 1 atom stereocenters. The van der Waals surface area contributed by atoms with Crippen LogP contribution in [0.15, 0.2) is 53.6 Å². The van der Waals surface area contributed by atoms with Gasteiger partial charge in [-0.15, -0.1) is 0 Å². The number of hydrogen-bond acceptors (Lipinski definition) is 5. The van der Waals surface area contributed by atoms with Crippen molar-refractivity contribution >= 4 is 23.2 Å². The fourth-order valence-corrected chi connectivity index (χ4v) is 3.15. The topological polar surface area (TPSA) is 80.2 Å². The Kier molecular flexibility index (Phi) is 7.06. The van der Waals surface area contributed by atoms with Gasteiger partial charge >= 0.3 is 0 Å². The lowest BCUT2D eigenvalue weighted by atomic mass is 10.1. The van der Waals surface area contributed by atoms with E-state index < -0.39 is 6.10 Å². The number of hydrazone groups is 1. The first-order chi connectivity index (χ1) is 14.5. The molecule has 3 rings (SSSR count). The molecule has 0 unspecified atom stereocenters. The van der Waals surface area contributed by atoms with Crippen molar-refractivity contribution in [2.24, 2.45) is 5.10 Å². The van der Waals surface area contributed by atoms with Gasteiger partial charge in [-0.25, -0.2) is 5.43 Å². The van der Waals surface area contributed by atoms with E-state index >= 15 is 0 Å². The van der Waals surface area contributed by atoms with Gasteiger partial charge in [-0.1, -0.05) is 12.1 Å². The van der Waals surface area contributed by atoms with Crippen LogP contribution >= 0.6 is 0 Å². The van der Waals surface area contributed by atoms with E-state index in [-0.39, 0.29) is 11.8 Å². The Balaban J connectivity index is 1.59. The van der Waals surface area contributed by atoms with E-state index in [2.05, 4.69) is 10.5 Å². The van der Waals surface area contributed by atoms with Crippen LogP contribution in [0.25, 0.3) is 0 Å². The molecule has 0 radical (unpaired) electrons. The van der Waals surface area contributed by atoms with Crippen LogP contribution < -0.4 is 19.8 Å². The molecule has 1 heterocycles. The zero-order valence-corrected chi connectivity index (χ0v) is 17.6. The summed E-state index contributed by atoms with van der Waals surface area (Å²) in [5, 5.41) is 4.20. The highest BCUT2D eigenvalue weighted by atomic mass is 16.5. The minimum absolute atomic E-state index is 0.135. The second-order valence-corrected chi connectivity index (χ2v) is 7.04. The van der Waals surface area contributed by atoms with Gasteiger partial charge in [-0.2, -0.15) is 5.10 Å². The average Bonchev–Trinajstić information content (AvgIpc) is 3.19. The molecule has 7 heteroatoms. The second kappa shape index (κ2) is 9.91. The van der Waals surface area contributed by atoms with Crippen molar-refractivity contribution in [3.8, 4) is 11.5 Å². The maximum Gasteiger partial charge on any atom is 0.280 e. The van der Waals surface area contributed by atoms with Crippen LogP contribution in [0.4, 0.5) is 5.69 Å². The summed E-state index contributed by atoms with van der Waals surface area (Å²) in [6.07, 6.45) is 0.742. The van der Waals surface area contributed by atoms with Crippen LogP contribution in [0.2, 0.25) is 0 Å². The number of carbonyl (C=O) groups is 2. The lowest BCUT2D eigenvalue weighted by Gasteiger charge is -2.16. The Bertz CT molecular complexity index is 924. The molecule has 30 heavy (non-hydrogen) atoms. The maximum absolute atomic E-state index is 12.4. The van der Waals surface area contributed by atoms with Gasteiger partial charge < -0.3 is 14.4 Å². The van der Waals surface area contributed by atoms with Crippen LogP contribution in [0.1, 0.15) is 39.2 Å². The molecular formula is C23H27N3O4. The molecule has 0 bridgehead atoms. The molecule has 0 aliphatic carbocycles. The summed E-state index contributed by atoms with van der Waals surface area (Å²) in [5.74, 6) is 1.11. The van der Waals surface area contributed by atoms with Crippen molar-refractivity contribution in [2.75, 3.05) is 18.1 Å². The fraction of sp³-hybridized carbons (Fsp3) is 0.348. The lowest BCUT2D eigenvalue weighted by Crippen LogP contribution is -2.34. The monoisotopic (exact) mass is 409 g/mol. The van der Waals surface area contributed by atoms with Crippen LogP contribution in [0.5, 0.6) is 11.5 Å². The number of hydrogen-bond donors (Lipinski definition) is 1. The third kappa shape index (κ3) is 5.37. The van der Waals surface area contributed by atoms with E-state index in [0.29, 0.717) is 24.5 Å². The molecule has 2 amide bonds. The first kappa shape index (κ1) is 21.4. The summed E-state index contributed by atoms with van der Waals surface area (Å²) in [7, 11) is 0. The van der Waals surface area contributed by atoms with Gasteiger partial charge in [0, 0.05) is 18.7 Å². The second-order valence-electron chi connectivity index (χ2n) is 7.04. The number of nitrogens with zero attached hydrogens (tertiary/aromatic N) is 2. The molecule has 1 fully saturated rings. The normalized spacial score (nSPS) is 15.1. The van der Waals surface area contributed by atoms with E-state index in [1.54, 1.807) is 36.1 Å². The summed E-state index contributed by atoms with van der Waals surface area (Å²) < 4.78 is 11.1. The molecule has 2 aromatic rings. The van der Waals surface area contributed by atoms with Crippen LogP contribution in [0, 0.1) is 0 Å². The molecule has 1 aliphatic heterocycles. The third-order valence-corrected chi connectivity index (χ3v) is 4.80. The molecule has 0 saturated carbocycles. The zero-order chi connectivity index (χ0) is 21.5. The van der Waals surface area contributed by atoms with Gasteiger partial charge in [0.25, 0.3) is 5.91 Å². The zero-order valence-electron chi connectivity index (χ0n) is 17.6. The molecule has 7 nitrogen and oxygen atoms in total. The number of rotatable bonds is 8. The van der Waals surface area contributed by atoms with Crippen LogP contribution in [-0.2, 0) is 9.59 Å². The first-order valence-corrected chi connectivity index (χ1v) is 10.1. The standard InChI is InChI=1S/C23H27N3O4/c1-4-29-20-10-12-21(13-11-20)30-17(3)23(28)25-24-16(2)18-7-5-8-19(15-18)26-14-6-9-22(26)27/h5,7-8,10-13,15,17H,4,6,9,14H2,1-3H3,(H,25,28)/b24-16-/t17-/m1/s1. The van der Waals surface area contributed by atoms with Gasteiger partial charge in [0.15, 0.2) is 6.10 Å². The smallest absolute Gasteiger partial charge is 0.280 e. The van der Waals surface area contributed by atoms with E-state index in [9.17, 15) is 9.59 Å². The minimum atomic E-state index is -0.715. The highest BCUT2D eigenvalue weighted by Crippen LogP contribution is 2.22.